The largest absolute Gasteiger partial charge is 0.366 e. The van der Waals surface area contributed by atoms with Crippen molar-refractivity contribution < 1.29 is 9.59 Å². The van der Waals surface area contributed by atoms with E-state index >= 15 is 0 Å². The zero-order valence-electron chi connectivity index (χ0n) is 10.4. The molecule has 0 spiro atoms. The van der Waals surface area contributed by atoms with Crippen molar-refractivity contribution in [2.45, 2.75) is 13.8 Å². The van der Waals surface area contributed by atoms with Crippen molar-refractivity contribution in [1.29, 1.82) is 0 Å². The predicted molar refractivity (Wildman–Crippen MR) is 73.8 cm³/mol. The number of carbonyl (C=O) groups excluding carboxylic acids is 2. The second kappa shape index (κ2) is 6.98. The van der Waals surface area contributed by atoms with Crippen LogP contribution < -0.4 is 16.8 Å². The Morgan fingerprint density at radius 3 is 2.50 bits per heavy atom. The summed E-state index contributed by atoms with van der Waals surface area (Å²) in [5, 5.41) is 2.69. The highest BCUT2D eigenvalue weighted by Gasteiger charge is 2.12. The van der Waals surface area contributed by atoms with Crippen LogP contribution in [0.3, 0.4) is 0 Å². The molecule has 0 saturated carbocycles. The van der Waals surface area contributed by atoms with Gasteiger partial charge in [-0.1, -0.05) is 13.0 Å². The number of benzene rings is 1. The number of anilines is 1. The lowest BCUT2D eigenvalue weighted by molar-refractivity contribution is -0.119. The van der Waals surface area contributed by atoms with E-state index in [4.69, 9.17) is 11.5 Å². The van der Waals surface area contributed by atoms with Crippen molar-refractivity contribution >= 4 is 29.9 Å². The summed E-state index contributed by atoms with van der Waals surface area (Å²) in [5.74, 6) is -0.953. The molecule has 0 fully saturated rings. The van der Waals surface area contributed by atoms with Crippen LogP contribution in [0.1, 0.15) is 22.8 Å². The topological polar surface area (TPSA) is 98.2 Å². The van der Waals surface area contributed by atoms with E-state index in [0.717, 1.165) is 5.56 Å². The number of nitrogens with one attached hydrogen (secondary N) is 1. The van der Waals surface area contributed by atoms with Gasteiger partial charge in [0.25, 0.3) is 0 Å². The summed E-state index contributed by atoms with van der Waals surface area (Å²) in [6.45, 7) is 3.80. The van der Waals surface area contributed by atoms with Crippen LogP contribution in [0, 0.1) is 12.8 Å². The molecule has 1 aromatic rings. The van der Waals surface area contributed by atoms with Crippen molar-refractivity contribution in [2.75, 3.05) is 11.9 Å². The number of carbonyl (C=O) groups is 2. The number of hydrogen-bond acceptors (Lipinski definition) is 3. The first-order valence-electron chi connectivity index (χ1n) is 5.37. The van der Waals surface area contributed by atoms with Gasteiger partial charge in [0.15, 0.2) is 0 Å². The third-order valence-electron chi connectivity index (χ3n) is 2.57. The molecule has 6 heteroatoms. The highest BCUT2D eigenvalue weighted by atomic mass is 35.5. The SMILES string of the molecule is Cc1ccc(NC(=O)C(C)CN)cc1C(N)=O.Cl. The molecule has 0 saturated heterocycles. The van der Waals surface area contributed by atoms with Gasteiger partial charge in [-0.2, -0.15) is 0 Å². The summed E-state index contributed by atoms with van der Waals surface area (Å²) in [4.78, 5) is 22.7. The van der Waals surface area contributed by atoms with E-state index in [-0.39, 0.29) is 30.8 Å². The van der Waals surface area contributed by atoms with Gasteiger partial charge < -0.3 is 16.8 Å². The quantitative estimate of drug-likeness (QED) is 0.763. The Bertz CT molecular complexity index is 449. The lowest BCUT2D eigenvalue weighted by Crippen LogP contribution is -2.26. The van der Waals surface area contributed by atoms with Gasteiger partial charge in [0.05, 0.1) is 0 Å². The Hall–Kier alpha value is -1.59. The van der Waals surface area contributed by atoms with E-state index in [1.54, 1.807) is 32.0 Å². The summed E-state index contributed by atoms with van der Waals surface area (Å²) in [7, 11) is 0. The summed E-state index contributed by atoms with van der Waals surface area (Å²) >= 11 is 0. The monoisotopic (exact) mass is 271 g/mol. The van der Waals surface area contributed by atoms with Gasteiger partial charge >= 0.3 is 0 Å². The van der Waals surface area contributed by atoms with Crippen LogP contribution in [-0.4, -0.2) is 18.4 Å². The standard InChI is InChI=1S/C12H17N3O2.ClH/c1-7-3-4-9(5-10(7)11(14)16)15-12(17)8(2)6-13;/h3-5,8H,6,13H2,1-2H3,(H2,14,16)(H,15,17);1H. The lowest BCUT2D eigenvalue weighted by Gasteiger charge is -2.11. The Kier molecular flexibility index (Phi) is 6.36. The molecular weight excluding hydrogens is 254 g/mol. The molecule has 0 aliphatic heterocycles. The molecule has 1 unspecified atom stereocenters. The second-order valence-electron chi connectivity index (χ2n) is 4.02. The van der Waals surface area contributed by atoms with Gasteiger partial charge in [0.2, 0.25) is 11.8 Å². The third-order valence-corrected chi connectivity index (χ3v) is 2.57. The molecule has 5 nitrogen and oxygen atoms in total. The van der Waals surface area contributed by atoms with Crippen molar-refractivity contribution in [3.63, 3.8) is 0 Å². The van der Waals surface area contributed by atoms with Crippen molar-refractivity contribution in [3.05, 3.63) is 29.3 Å². The molecule has 0 heterocycles. The van der Waals surface area contributed by atoms with Gasteiger partial charge in [0, 0.05) is 23.7 Å². The smallest absolute Gasteiger partial charge is 0.249 e. The maximum absolute atomic E-state index is 11.6. The van der Waals surface area contributed by atoms with Crippen molar-refractivity contribution in [2.24, 2.45) is 17.4 Å². The number of nitrogens with two attached hydrogens (primary N) is 2. The maximum atomic E-state index is 11.6. The number of halogens is 1. The molecular formula is C12H18ClN3O2. The number of amides is 2. The minimum Gasteiger partial charge on any atom is -0.366 e. The lowest BCUT2D eigenvalue weighted by atomic mass is 10.1. The van der Waals surface area contributed by atoms with Gasteiger partial charge in [-0.3, -0.25) is 9.59 Å². The van der Waals surface area contributed by atoms with Gasteiger partial charge in [0.1, 0.15) is 0 Å². The van der Waals surface area contributed by atoms with Gasteiger partial charge in [-0.15, -0.1) is 12.4 Å². The fourth-order valence-electron chi connectivity index (χ4n) is 1.34. The average Bonchev–Trinajstić information content (AvgIpc) is 2.30. The Balaban J connectivity index is 0.00000289. The summed E-state index contributed by atoms with van der Waals surface area (Å²) < 4.78 is 0. The summed E-state index contributed by atoms with van der Waals surface area (Å²) in [6, 6.07) is 5.03. The molecule has 0 aliphatic carbocycles. The summed E-state index contributed by atoms with van der Waals surface area (Å²) in [5.41, 5.74) is 12.4. The number of rotatable bonds is 4. The van der Waals surface area contributed by atoms with Crippen LogP contribution in [0.25, 0.3) is 0 Å². The van der Waals surface area contributed by atoms with Crippen molar-refractivity contribution in [3.8, 4) is 0 Å². The van der Waals surface area contributed by atoms with Crippen LogP contribution in [0.15, 0.2) is 18.2 Å². The minimum absolute atomic E-state index is 0. The molecule has 0 aromatic heterocycles. The molecule has 1 rings (SSSR count). The minimum atomic E-state index is -0.509. The zero-order valence-corrected chi connectivity index (χ0v) is 11.2. The van der Waals surface area contributed by atoms with Crippen LogP contribution in [-0.2, 0) is 4.79 Å². The molecule has 2 amide bonds. The number of aryl methyl sites for hydroxylation is 1. The first-order valence-corrected chi connectivity index (χ1v) is 5.37. The number of primary amides is 1. The molecule has 5 N–H and O–H groups in total. The highest BCUT2D eigenvalue weighted by molar-refractivity contribution is 5.97. The molecule has 100 valence electrons. The normalized spacial score (nSPS) is 11.3. The van der Waals surface area contributed by atoms with Crippen LogP contribution >= 0.6 is 12.4 Å². The first kappa shape index (κ1) is 16.4. The van der Waals surface area contributed by atoms with E-state index in [9.17, 15) is 9.59 Å². The van der Waals surface area contributed by atoms with E-state index < -0.39 is 5.91 Å². The first-order chi connectivity index (χ1) is 7.95. The third kappa shape index (κ3) is 4.01. The maximum Gasteiger partial charge on any atom is 0.249 e. The van der Waals surface area contributed by atoms with E-state index in [0.29, 0.717) is 11.3 Å². The Morgan fingerprint density at radius 1 is 1.39 bits per heavy atom. The molecule has 18 heavy (non-hydrogen) atoms. The molecule has 0 bridgehead atoms. The average molecular weight is 272 g/mol. The fourth-order valence-corrected chi connectivity index (χ4v) is 1.34. The molecule has 0 aliphatic rings. The van der Waals surface area contributed by atoms with Crippen LogP contribution in [0.2, 0.25) is 0 Å². The van der Waals surface area contributed by atoms with E-state index in [1.165, 1.54) is 0 Å². The van der Waals surface area contributed by atoms with E-state index in [2.05, 4.69) is 5.32 Å². The molecule has 1 aromatic carbocycles. The summed E-state index contributed by atoms with van der Waals surface area (Å²) in [6.07, 6.45) is 0. The number of hydrogen-bond donors (Lipinski definition) is 3. The van der Waals surface area contributed by atoms with Gasteiger partial charge in [-0.05, 0) is 24.6 Å². The Labute approximate surface area is 112 Å². The molecule has 0 radical (unpaired) electrons. The van der Waals surface area contributed by atoms with E-state index in [1.807, 2.05) is 0 Å². The van der Waals surface area contributed by atoms with Crippen LogP contribution in [0.5, 0.6) is 0 Å². The highest BCUT2D eigenvalue weighted by Crippen LogP contribution is 2.15. The second-order valence-corrected chi connectivity index (χ2v) is 4.02. The van der Waals surface area contributed by atoms with Crippen molar-refractivity contribution in [1.82, 2.24) is 0 Å². The zero-order chi connectivity index (χ0) is 13.0. The van der Waals surface area contributed by atoms with Gasteiger partial charge in [-0.25, -0.2) is 0 Å². The molecule has 1 atom stereocenters. The van der Waals surface area contributed by atoms with Crippen LogP contribution in [0.4, 0.5) is 5.69 Å². The fraction of sp³-hybridized carbons (Fsp3) is 0.333. The Morgan fingerprint density at radius 2 is 2.00 bits per heavy atom. The predicted octanol–water partition coefficient (Wildman–Crippen LogP) is 1.05.